The lowest BCUT2D eigenvalue weighted by Crippen LogP contribution is -2.32. The van der Waals surface area contributed by atoms with Gasteiger partial charge in [-0.25, -0.2) is 0 Å². The molecule has 0 amide bonds. The fourth-order valence-electron chi connectivity index (χ4n) is 1.23. The van der Waals surface area contributed by atoms with Crippen LogP contribution in [0, 0.1) is 6.92 Å². The van der Waals surface area contributed by atoms with Crippen molar-refractivity contribution in [2.45, 2.75) is 26.4 Å². The fourth-order valence-corrected chi connectivity index (χ4v) is 1.45. The molecule has 78 valence electrons. The molecule has 0 fully saturated rings. The van der Waals surface area contributed by atoms with Gasteiger partial charge in [-0.1, -0.05) is 17.7 Å². The summed E-state index contributed by atoms with van der Waals surface area (Å²) in [5.41, 5.74) is 8.00. The van der Waals surface area contributed by atoms with Crippen molar-refractivity contribution in [2.75, 3.05) is 6.54 Å². The maximum Gasteiger partial charge on any atom is 0.0408 e. The lowest BCUT2D eigenvalue weighted by Gasteiger charge is -2.12. The van der Waals surface area contributed by atoms with Gasteiger partial charge in [0.2, 0.25) is 0 Å². The van der Waals surface area contributed by atoms with E-state index in [2.05, 4.69) is 19.2 Å². The van der Waals surface area contributed by atoms with Gasteiger partial charge in [0.15, 0.2) is 0 Å². The fraction of sp³-hybridized carbons (Fsp3) is 0.455. The summed E-state index contributed by atoms with van der Waals surface area (Å²) in [6, 6.07) is 6.29. The molecule has 0 bridgehead atoms. The number of hydrogen-bond acceptors (Lipinski definition) is 2. The predicted octanol–water partition coefficient (Wildman–Crippen LogP) is 2.09. The molecule has 0 spiro atoms. The van der Waals surface area contributed by atoms with E-state index in [1.165, 1.54) is 11.1 Å². The molecule has 3 heteroatoms. The molecular weight excluding hydrogens is 196 g/mol. The standard InChI is InChI=1S/C11H17ClN2/c1-8-5-11(12)4-3-10(8)7-14-9(2)6-13/h3-5,9,14H,6-7,13H2,1-2H3. The van der Waals surface area contributed by atoms with Gasteiger partial charge in [0.1, 0.15) is 0 Å². The quantitative estimate of drug-likeness (QED) is 0.802. The highest BCUT2D eigenvalue weighted by Gasteiger charge is 2.01. The van der Waals surface area contributed by atoms with E-state index in [9.17, 15) is 0 Å². The zero-order valence-electron chi connectivity index (χ0n) is 8.68. The van der Waals surface area contributed by atoms with Crippen LogP contribution in [0.1, 0.15) is 18.1 Å². The zero-order valence-corrected chi connectivity index (χ0v) is 9.43. The van der Waals surface area contributed by atoms with Gasteiger partial charge in [-0.05, 0) is 37.1 Å². The van der Waals surface area contributed by atoms with Crippen molar-refractivity contribution in [3.8, 4) is 0 Å². The van der Waals surface area contributed by atoms with Crippen LogP contribution in [0.15, 0.2) is 18.2 Å². The van der Waals surface area contributed by atoms with E-state index < -0.39 is 0 Å². The molecule has 0 saturated heterocycles. The van der Waals surface area contributed by atoms with Crippen LogP contribution in [0.3, 0.4) is 0 Å². The van der Waals surface area contributed by atoms with Gasteiger partial charge in [-0.3, -0.25) is 0 Å². The number of aryl methyl sites for hydroxylation is 1. The Morgan fingerprint density at radius 2 is 2.21 bits per heavy atom. The molecule has 0 heterocycles. The molecule has 1 unspecified atom stereocenters. The minimum Gasteiger partial charge on any atom is -0.329 e. The first-order valence-corrected chi connectivity index (χ1v) is 5.19. The second-order valence-electron chi connectivity index (χ2n) is 3.59. The molecule has 1 atom stereocenters. The minimum atomic E-state index is 0.352. The summed E-state index contributed by atoms with van der Waals surface area (Å²) in [6.45, 7) is 5.65. The van der Waals surface area contributed by atoms with E-state index >= 15 is 0 Å². The molecule has 0 radical (unpaired) electrons. The van der Waals surface area contributed by atoms with E-state index in [4.69, 9.17) is 17.3 Å². The van der Waals surface area contributed by atoms with Crippen molar-refractivity contribution in [1.29, 1.82) is 0 Å². The topological polar surface area (TPSA) is 38.0 Å². The van der Waals surface area contributed by atoms with E-state index in [0.717, 1.165) is 11.6 Å². The summed E-state index contributed by atoms with van der Waals surface area (Å²) in [5, 5.41) is 4.13. The van der Waals surface area contributed by atoms with Gasteiger partial charge in [0.05, 0.1) is 0 Å². The number of halogens is 1. The van der Waals surface area contributed by atoms with Crippen LogP contribution in [0.25, 0.3) is 0 Å². The van der Waals surface area contributed by atoms with Crippen LogP contribution in [0.5, 0.6) is 0 Å². The normalized spacial score (nSPS) is 12.9. The Labute approximate surface area is 90.4 Å². The molecule has 0 aliphatic carbocycles. The SMILES string of the molecule is Cc1cc(Cl)ccc1CNC(C)CN. The number of rotatable bonds is 4. The van der Waals surface area contributed by atoms with Crippen LogP contribution < -0.4 is 11.1 Å². The monoisotopic (exact) mass is 212 g/mol. The summed E-state index contributed by atoms with van der Waals surface area (Å²) < 4.78 is 0. The van der Waals surface area contributed by atoms with E-state index in [-0.39, 0.29) is 0 Å². The van der Waals surface area contributed by atoms with Crippen molar-refractivity contribution in [3.05, 3.63) is 34.3 Å². The number of nitrogens with one attached hydrogen (secondary N) is 1. The maximum atomic E-state index is 5.87. The first-order chi connectivity index (χ1) is 6.63. The average molecular weight is 213 g/mol. The van der Waals surface area contributed by atoms with Gasteiger partial charge < -0.3 is 11.1 Å². The van der Waals surface area contributed by atoms with E-state index in [1.807, 2.05) is 18.2 Å². The van der Waals surface area contributed by atoms with Gasteiger partial charge in [0.25, 0.3) is 0 Å². The Hall–Kier alpha value is -0.570. The first kappa shape index (κ1) is 11.5. The zero-order chi connectivity index (χ0) is 10.6. The largest absolute Gasteiger partial charge is 0.329 e. The molecule has 1 rings (SSSR count). The van der Waals surface area contributed by atoms with E-state index in [1.54, 1.807) is 0 Å². The van der Waals surface area contributed by atoms with E-state index in [0.29, 0.717) is 12.6 Å². The average Bonchev–Trinajstić information content (AvgIpc) is 2.16. The lowest BCUT2D eigenvalue weighted by atomic mass is 10.1. The number of benzene rings is 1. The summed E-state index contributed by atoms with van der Waals surface area (Å²) in [6.07, 6.45) is 0. The van der Waals surface area contributed by atoms with Crippen LogP contribution in [-0.4, -0.2) is 12.6 Å². The van der Waals surface area contributed by atoms with Crippen molar-refractivity contribution in [1.82, 2.24) is 5.32 Å². The molecule has 2 nitrogen and oxygen atoms in total. The van der Waals surface area contributed by atoms with Crippen molar-refractivity contribution in [3.63, 3.8) is 0 Å². The second-order valence-corrected chi connectivity index (χ2v) is 4.02. The summed E-state index contributed by atoms with van der Waals surface area (Å²) >= 11 is 5.87. The molecule has 14 heavy (non-hydrogen) atoms. The molecule has 0 aromatic heterocycles. The predicted molar refractivity (Wildman–Crippen MR) is 61.5 cm³/mol. The Bertz CT molecular complexity index is 299. The highest BCUT2D eigenvalue weighted by molar-refractivity contribution is 6.30. The number of hydrogen-bond donors (Lipinski definition) is 2. The van der Waals surface area contributed by atoms with Crippen molar-refractivity contribution < 1.29 is 0 Å². The molecule has 3 N–H and O–H groups in total. The summed E-state index contributed by atoms with van der Waals surface area (Å²) in [7, 11) is 0. The van der Waals surface area contributed by atoms with Gasteiger partial charge in [-0.2, -0.15) is 0 Å². The summed E-state index contributed by atoms with van der Waals surface area (Å²) in [4.78, 5) is 0. The third kappa shape index (κ3) is 3.29. The highest BCUT2D eigenvalue weighted by Crippen LogP contribution is 2.14. The van der Waals surface area contributed by atoms with Gasteiger partial charge in [0, 0.05) is 24.2 Å². The van der Waals surface area contributed by atoms with Crippen LogP contribution in [-0.2, 0) is 6.54 Å². The van der Waals surface area contributed by atoms with Gasteiger partial charge >= 0.3 is 0 Å². The number of nitrogens with two attached hydrogens (primary N) is 1. The molecule has 1 aromatic rings. The van der Waals surface area contributed by atoms with Crippen LogP contribution in [0.2, 0.25) is 5.02 Å². The Morgan fingerprint density at radius 3 is 2.79 bits per heavy atom. The first-order valence-electron chi connectivity index (χ1n) is 4.82. The Balaban J connectivity index is 2.59. The van der Waals surface area contributed by atoms with Crippen LogP contribution in [0.4, 0.5) is 0 Å². The molecule has 0 aliphatic heterocycles. The second kappa shape index (κ2) is 5.35. The molecule has 0 aliphatic rings. The van der Waals surface area contributed by atoms with Crippen molar-refractivity contribution in [2.24, 2.45) is 5.73 Å². The third-order valence-corrected chi connectivity index (χ3v) is 2.53. The third-order valence-electron chi connectivity index (χ3n) is 2.30. The maximum absolute atomic E-state index is 5.87. The summed E-state index contributed by atoms with van der Waals surface area (Å²) in [5.74, 6) is 0. The Morgan fingerprint density at radius 1 is 1.50 bits per heavy atom. The molecule has 0 saturated carbocycles. The molecular formula is C11H17ClN2. The van der Waals surface area contributed by atoms with Crippen molar-refractivity contribution >= 4 is 11.6 Å². The smallest absolute Gasteiger partial charge is 0.0408 e. The molecule has 1 aromatic carbocycles. The Kier molecular flexibility index (Phi) is 4.39. The minimum absolute atomic E-state index is 0.352. The lowest BCUT2D eigenvalue weighted by molar-refractivity contribution is 0.555. The highest BCUT2D eigenvalue weighted by atomic mass is 35.5. The van der Waals surface area contributed by atoms with Gasteiger partial charge in [-0.15, -0.1) is 0 Å². The van der Waals surface area contributed by atoms with Crippen LogP contribution >= 0.6 is 11.6 Å².